The van der Waals surface area contributed by atoms with Gasteiger partial charge in [0.15, 0.2) is 6.10 Å². The van der Waals surface area contributed by atoms with Gasteiger partial charge in [0.1, 0.15) is 5.75 Å². The van der Waals surface area contributed by atoms with Crippen molar-refractivity contribution in [1.29, 1.82) is 0 Å². The number of carbonyl (C=O) groups excluding carboxylic acids is 3. The Kier molecular flexibility index (Phi) is 8.29. The number of urea groups is 1. The average Bonchev–Trinajstić information content (AvgIpc) is 2.68. The standard InChI is InChI=1S/C20H22ClN3O5/c1-13(19(26)24-16-12-14(21)8-9-17(16)28-2)29-18(25)10-11-22-20(27)23-15-6-4-3-5-7-15/h3-9,12-13H,10-11H2,1-2H3,(H,24,26)(H2,22,23,27)/t13-/m0/s1. The van der Waals surface area contributed by atoms with E-state index in [-0.39, 0.29) is 13.0 Å². The number of hydrogen-bond acceptors (Lipinski definition) is 5. The fourth-order valence-electron chi connectivity index (χ4n) is 2.30. The summed E-state index contributed by atoms with van der Waals surface area (Å²) in [6.07, 6.45) is -1.12. The number of benzene rings is 2. The van der Waals surface area contributed by atoms with Crippen molar-refractivity contribution in [3.63, 3.8) is 0 Å². The summed E-state index contributed by atoms with van der Waals surface area (Å²) in [6, 6.07) is 13.2. The zero-order valence-corrected chi connectivity index (χ0v) is 16.8. The first-order valence-electron chi connectivity index (χ1n) is 8.83. The van der Waals surface area contributed by atoms with Gasteiger partial charge in [-0.1, -0.05) is 29.8 Å². The predicted octanol–water partition coefficient (Wildman–Crippen LogP) is 3.43. The zero-order valence-electron chi connectivity index (χ0n) is 16.0. The van der Waals surface area contributed by atoms with E-state index in [1.807, 2.05) is 6.07 Å². The molecular weight excluding hydrogens is 398 g/mol. The van der Waals surface area contributed by atoms with Gasteiger partial charge in [-0.2, -0.15) is 0 Å². The Hall–Kier alpha value is -3.26. The Morgan fingerprint density at radius 2 is 1.79 bits per heavy atom. The number of methoxy groups -OCH3 is 1. The maximum Gasteiger partial charge on any atom is 0.319 e. The zero-order chi connectivity index (χ0) is 21.2. The van der Waals surface area contributed by atoms with Crippen LogP contribution in [0.3, 0.4) is 0 Å². The van der Waals surface area contributed by atoms with E-state index in [2.05, 4.69) is 16.0 Å². The van der Waals surface area contributed by atoms with Crippen molar-refractivity contribution in [2.45, 2.75) is 19.4 Å². The Balaban J connectivity index is 1.74. The van der Waals surface area contributed by atoms with Crippen LogP contribution in [0.25, 0.3) is 0 Å². The summed E-state index contributed by atoms with van der Waals surface area (Å²) in [5.41, 5.74) is 1.00. The van der Waals surface area contributed by atoms with E-state index < -0.39 is 24.0 Å². The number of anilines is 2. The molecule has 0 saturated heterocycles. The molecule has 0 saturated carbocycles. The molecule has 0 unspecified atom stereocenters. The van der Waals surface area contributed by atoms with Gasteiger partial charge in [-0.05, 0) is 37.3 Å². The van der Waals surface area contributed by atoms with E-state index in [4.69, 9.17) is 21.1 Å². The second kappa shape index (κ2) is 10.9. The Morgan fingerprint density at radius 1 is 1.07 bits per heavy atom. The van der Waals surface area contributed by atoms with E-state index >= 15 is 0 Å². The summed E-state index contributed by atoms with van der Waals surface area (Å²) < 4.78 is 10.2. The molecule has 3 amide bonds. The molecule has 0 aliphatic heterocycles. The van der Waals surface area contributed by atoms with Crippen LogP contribution >= 0.6 is 11.6 Å². The lowest BCUT2D eigenvalue weighted by Crippen LogP contribution is -2.33. The molecule has 0 bridgehead atoms. The lowest BCUT2D eigenvalue weighted by atomic mass is 10.2. The third-order valence-corrected chi connectivity index (χ3v) is 3.98. The normalized spacial score (nSPS) is 11.1. The van der Waals surface area contributed by atoms with E-state index in [1.54, 1.807) is 36.4 Å². The fourth-order valence-corrected chi connectivity index (χ4v) is 2.47. The number of esters is 1. The van der Waals surface area contributed by atoms with Crippen molar-refractivity contribution < 1.29 is 23.9 Å². The van der Waals surface area contributed by atoms with Crippen molar-refractivity contribution in [2.75, 3.05) is 24.3 Å². The summed E-state index contributed by atoms with van der Waals surface area (Å²) in [5, 5.41) is 8.20. The summed E-state index contributed by atoms with van der Waals surface area (Å²) in [6.45, 7) is 1.51. The van der Waals surface area contributed by atoms with Crippen LogP contribution in [0.4, 0.5) is 16.2 Å². The first-order valence-corrected chi connectivity index (χ1v) is 9.20. The molecule has 9 heteroatoms. The molecule has 0 fully saturated rings. The molecule has 0 heterocycles. The summed E-state index contributed by atoms with van der Waals surface area (Å²) in [5.74, 6) is -0.727. The predicted molar refractivity (Wildman–Crippen MR) is 110 cm³/mol. The molecular formula is C20H22ClN3O5. The quantitative estimate of drug-likeness (QED) is 0.568. The molecule has 2 aromatic rings. The van der Waals surface area contributed by atoms with Gasteiger partial charge >= 0.3 is 12.0 Å². The molecule has 0 radical (unpaired) electrons. The summed E-state index contributed by atoms with van der Waals surface area (Å²) in [4.78, 5) is 35.9. The number of rotatable bonds is 8. The summed E-state index contributed by atoms with van der Waals surface area (Å²) in [7, 11) is 1.46. The van der Waals surface area contributed by atoms with Crippen LogP contribution in [0.2, 0.25) is 5.02 Å². The smallest absolute Gasteiger partial charge is 0.319 e. The first-order chi connectivity index (χ1) is 13.9. The lowest BCUT2D eigenvalue weighted by molar-refractivity contribution is -0.153. The number of hydrogen-bond donors (Lipinski definition) is 3. The third kappa shape index (κ3) is 7.34. The largest absolute Gasteiger partial charge is 0.495 e. The van der Waals surface area contributed by atoms with E-state index in [9.17, 15) is 14.4 Å². The highest BCUT2D eigenvalue weighted by Crippen LogP contribution is 2.27. The minimum atomic E-state index is -1.04. The highest BCUT2D eigenvalue weighted by atomic mass is 35.5. The molecule has 0 aliphatic carbocycles. The Labute approximate surface area is 173 Å². The Morgan fingerprint density at radius 3 is 2.48 bits per heavy atom. The third-order valence-electron chi connectivity index (χ3n) is 3.74. The first kappa shape index (κ1) is 22.0. The highest BCUT2D eigenvalue weighted by Gasteiger charge is 2.19. The van der Waals surface area contributed by atoms with Crippen LogP contribution in [0, 0.1) is 0 Å². The van der Waals surface area contributed by atoms with E-state index in [0.717, 1.165) is 0 Å². The molecule has 154 valence electrons. The van der Waals surface area contributed by atoms with Crippen LogP contribution in [-0.2, 0) is 14.3 Å². The monoisotopic (exact) mass is 419 g/mol. The fraction of sp³-hybridized carbons (Fsp3) is 0.250. The number of para-hydroxylation sites is 1. The molecule has 3 N–H and O–H groups in total. The van der Waals surface area contributed by atoms with Gasteiger partial charge in [-0.3, -0.25) is 9.59 Å². The second-order valence-corrected chi connectivity index (χ2v) is 6.40. The van der Waals surface area contributed by atoms with Crippen molar-refractivity contribution in [3.05, 3.63) is 53.6 Å². The number of amides is 3. The van der Waals surface area contributed by atoms with Crippen LogP contribution in [0.5, 0.6) is 5.75 Å². The second-order valence-electron chi connectivity index (χ2n) is 5.96. The van der Waals surface area contributed by atoms with Gasteiger partial charge in [-0.15, -0.1) is 0 Å². The minimum absolute atomic E-state index is 0.0634. The van der Waals surface area contributed by atoms with Gasteiger partial charge in [0.2, 0.25) is 0 Å². The van der Waals surface area contributed by atoms with Crippen LogP contribution in [0.1, 0.15) is 13.3 Å². The van der Waals surface area contributed by atoms with Gasteiger partial charge in [0.05, 0.1) is 19.2 Å². The number of halogens is 1. The molecule has 2 aromatic carbocycles. The number of carbonyl (C=O) groups is 3. The summed E-state index contributed by atoms with van der Waals surface area (Å²) >= 11 is 5.92. The minimum Gasteiger partial charge on any atom is -0.495 e. The number of ether oxygens (including phenoxy) is 2. The number of nitrogens with one attached hydrogen (secondary N) is 3. The van der Waals surface area contributed by atoms with Crippen LogP contribution in [0.15, 0.2) is 48.5 Å². The molecule has 1 atom stereocenters. The highest BCUT2D eigenvalue weighted by molar-refractivity contribution is 6.31. The van der Waals surface area contributed by atoms with Crippen LogP contribution < -0.4 is 20.7 Å². The maximum atomic E-state index is 12.2. The van der Waals surface area contributed by atoms with Gasteiger partial charge in [0, 0.05) is 17.3 Å². The van der Waals surface area contributed by atoms with Crippen LogP contribution in [-0.4, -0.2) is 37.7 Å². The molecule has 0 aromatic heterocycles. The molecule has 29 heavy (non-hydrogen) atoms. The molecule has 8 nitrogen and oxygen atoms in total. The van der Waals surface area contributed by atoms with Crippen molar-refractivity contribution >= 4 is 40.9 Å². The average molecular weight is 420 g/mol. The molecule has 2 rings (SSSR count). The van der Waals surface area contributed by atoms with Crippen molar-refractivity contribution in [1.82, 2.24) is 5.32 Å². The topological polar surface area (TPSA) is 106 Å². The van der Waals surface area contributed by atoms with Gasteiger partial charge < -0.3 is 25.4 Å². The lowest BCUT2D eigenvalue weighted by Gasteiger charge is -2.15. The van der Waals surface area contributed by atoms with E-state index in [0.29, 0.717) is 22.1 Å². The SMILES string of the molecule is COc1ccc(Cl)cc1NC(=O)[C@H](C)OC(=O)CCNC(=O)Nc1ccccc1. The van der Waals surface area contributed by atoms with Crippen molar-refractivity contribution in [3.8, 4) is 5.75 Å². The maximum absolute atomic E-state index is 12.2. The Bertz CT molecular complexity index is 860. The van der Waals surface area contributed by atoms with Gasteiger partial charge in [0.25, 0.3) is 5.91 Å². The van der Waals surface area contributed by atoms with Crippen molar-refractivity contribution in [2.24, 2.45) is 0 Å². The molecule has 0 spiro atoms. The van der Waals surface area contributed by atoms with Gasteiger partial charge in [-0.25, -0.2) is 4.79 Å². The van der Waals surface area contributed by atoms with E-state index in [1.165, 1.54) is 20.1 Å². The molecule has 0 aliphatic rings.